The summed E-state index contributed by atoms with van der Waals surface area (Å²) in [5.74, 6) is -0.682. The van der Waals surface area contributed by atoms with E-state index in [0.29, 0.717) is 5.57 Å². The van der Waals surface area contributed by atoms with Crippen LogP contribution in [0.2, 0.25) is 0 Å². The fourth-order valence-electron chi connectivity index (χ4n) is 0.808. The van der Waals surface area contributed by atoms with Gasteiger partial charge in [0.05, 0.1) is 0 Å². The lowest BCUT2D eigenvalue weighted by molar-refractivity contribution is 0.0495. The molecule has 1 aliphatic rings. The van der Waals surface area contributed by atoms with Crippen LogP contribution < -0.4 is 0 Å². The predicted octanol–water partition coefficient (Wildman–Crippen LogP) is 0.521. The van der Waals surface area contributed by atoms with Crippen LogP contribution in [0.25, 0.3) is 0 Å². The van der Waals surface area contributed by atoms with E-state index in [1.165, 1.54) is 6.08 Å². The van der Waals surface area contributed by atoms with E-state index in [4.69, 9.17) is 10.2 Å². The van der Waals surface area contributed by atoms with Crippen molar-refractivity contribution in [1.29, 1.82) is 0 Å². The van der Waals surface area contributed by atoms with Gasteiger partial charge in [0.25, 0.3) is 0 Å². The number of hydrogen-bond acceptors (Lipinski definition) is 2. The zero-order valence-electron chi connectivity index (χ0n) is 5.58. The lowest BCUT2D eigenvalue weighted by Crippen LogP contribution is -2.29. The third kappa shape index (κ3) is 1.10. The smallest absolute Gasteiger partial charge is 0.135 e. The molecule has 0 bridgehead atoms. The highest BCUT2D eigenvalue weighted by Crippen LogP contribution is 2.19. The Labute approximate surface area is 58.3 Å². The monoisotopic (exact) mass is 144 g/mol. The van der Waals surface area contributed by atoms with Crippen LogP contribution in [-0.2, 0) is 0 Å². The van der Waals surface area contributed by atoms with Gasteiger partial charge in [-0.25, -0.2) is 4.39 Å². The molecule has 0 saturated heterocycles. The second-order valence-corrected chi connectivity index (χ2v) is 2.35. The van der Waals surface area contributed by atoms with Crippen LogP contribution in [0.1, 0.15) is 6.92 Å². The molecule has 2 nitrogen and oxygen atoms in total. The Hall–Kier alpha value is -0.670. The van der Waals surface area contributed by atoms with Gasteiger partial charge in [-0.05, 0) is 18.6 Å². The standard InChI is InChI=1S/C7H9FO2/c1-4-2-3-5(8)7(10)6(4)9/h2-3,6-7,9-10H,1H3/t6-,7+/m1/s1. The number of rotatable bonds is 0. The summed E-state index contributed by atoms with van der Waals surface area (Å²) in [6.45, 7) is 1.64. The number of halogens is 1. The van der Waals surface area contributed by atoms with Crippen molar-refractivity contribution in [3.8, 4) is 0 Å². The lowest BCUT2D eigenvalue weighted by Gasteiger charge is -2.19. The molecular weight excluding hydrogens is 135 g/mol. The molecule has 0 aromatic carbocycles. The van der Waals surface area contributed by atoms with Crippen LogP contribution in [0.3, 0.4) is 0 Å². The molecule has 0 unspecified atom stereocenters. The molecule has 0 radical (unpaired) electrons. The van der Waals surface area contributed by atoms with E-state index in [1.807, 2.05) is 0 Å². The molecule has 0 spiro atoms. The highest BCUT2D eigenvalue weighted by atomic mass is 19.1. The summed E-state index contributed by atoms with van der Waals surface area (Å²) in [5, 5.41) is 17.9. The van der Waals surface area contributed by atoms with Gasteiger partial charge in [0, 0.05) is 0 Å². The molecule has 0 saturated carbocycles. The average Bonchev–Trinajstić information content (AvgIpc) is 1.93. The van der Waals surface area contributed by atoms with Crippen LogP contribution in [0.4, 0.5) is 4.39 Å². The fraction of sp³-hybridized carbons (Fsp3) is 0.429. The number of hydrogen-bond donors (Lipinski definition) is 2. The molecule has 10 heavy (non-hydrogen) atoms. The first-order valence-electron chi connectivity index (χ1n) is 3.03. The average molecular weight is 144 g/mol. The van der Waals surface area contributed by atoms with Crippen molar-refractivity contribution >= 4 is 0 Å². The third-order valence-corrected chi connectivity index (χ3v) is 1.55. The summed E-state index contributed by atoms with van der Waals surface area (Å²) in [7, 11) is 0. The molecule has 1 rings (SSSR count). The van der Waals surface area contributed by atoms with Crippen molar-refractivity contribution in [1.82, 2.24) is 0 Å². The maximum Gasteiger partial charge on any atom is 0.135 e. The predicted molar refractivity (Wildman–Crippen MR) is 35.0 cm³/mol. The summed E-state index contributed by atoms with van der Waals surface area (Å²) in [6, 6.07) is 0. The molecular formula is C7H9FO2. The van der Waals surface area contributed by atoms with Crippen LogP contribution >= 0.6 is 0 Å². The quantitative estimate of drug-likeness (QED) is 0.520. The Kier molecular flexibility index (Phi) is 1.87. The minimum Gasteiger partial charge on any atom is -0.386 e. The maximum absolute atomic E-state index is 12.4. The van der Waals surface area contributed by atoms with Gasteiger partial charge < -0.3 is 10.2 Å². The minimum absolute atomic E-state index is 0.578. The SMILES string of the molecule is CC1=CC=C(F)[C@H](O)[C@@H]1O. The summed E-state index contributed by atoms with van der Waals surface area (Å²) in [5.41, 5.74) is 0.578. The molecule has 1 aliphatic carbocycles. The molecule has 56 valence electrons. The summed E-state index contributed by atoms with van der Waals surface area (Å²) in [4.78, 5) is 0. The largest absolute Gasteiger partial charge is 0.386 e. The van der Waals surface area contributed by atoms with Gasteiger partial charge >= 0.3 is 0 Å². The van der Waals surface area contributed by atoms with Crippen molar-refractivity contribution in [3.63, 3.8) is 0 Å². The van der Waals surface area contributed by atoms with Crippen molar-refractivity contribution in [2.75, 3.05) is 0 Å². The van der Waals surface area contributed by atoms with E-state index in [1.54, 1.807) is 6.92 Å². The molecule has 0 aromatic heterocycles. The first kappa shape index (κ1) is 7.44. The Morgan fingerprint density at radius 3 is 2.40 bits per heavy atom. The number of aliphatic hydroxyl groups excluding tert-OH is 2. The molecule has 0 heterocycles. The normalized spacial score (nSPS) is 33.2. The van der Waals surface area contributed by atoms with Crippen molar-refractivity contribution < 1.29 is 14.6 Å². The fourth-order valence-corrected chi connectivity index (χ4v) is 0.808. The van der Waals surface area contributed by atoms with E-state index in [-0.39, 0.29) is 0 Å². The first-order chi connectivity index (χ1) is 4.63. The zero-order chi connectivity index (χ0) is 7.72. The summed E-state index contributed by atoms with van der Waals surface area (Å²) >= 11 is 0. The van der Waals surface area contributed by atoms with Gasteiger partial charge in [-0.3, -0.25) is 0 Å². The molecule has 2 N–H and O–H groups in total. The van der Waals surface area contributed by atoms with E-state index >= 15 is 0 Å². The topological polar surface area (TPSA) is 40.5 Å². The number of allylic oxidation sites excluding steroid dienone is 2. The van der Waals surface area contributed by atoms with Gasteiger partial charge in [0.1, 0.15) is 18.0 Å². The van der Waals surface area contributed by atoms with E-state index in [0.717, 1.165) is 6.08 Å². The third-order valence-electron chi connectivity index (χ3n) is 1.55. The minimum atomic E-state index is -1.37. The number of aliphatic hydroxyl groups is 2. The Balaban J connectivity index is 2.86. The van der Waals surface area contributed by atoms with Crippen molar-refractivity contribution in [2.24, 2.45) is 0 Å². The van der Waals surface area contributed by atoms with E-state index in [9.17, 15) is 4.39 Å². The second kappa shape index (κ2) is 2.52. The van der Waals surface area contributed by atoms with E-state index in [2.05, 4.69) is 0 Å². The molecule has 2 atom stereocenters. The summed E-state index contributed by atoms with van der Waals surface area (Å²) in [6.07, 6.45) is 0.161. The molecule has 0 fully saturated rings. The molecule has 0 amide bonds. The van der Waals surface area contributed by atoms with E-state index < -0.39 is 18.0 Å². The van der Waals surface area contributed by atoms with Gasteiger partial charge in [0.15, 0.2) is 0 Å². The zero-order valence-corrected chi connectivity index (χ0v) is 5.58. The van der Waals surface area contributed by atoms with Gasteiger partial charge in [-0.15, -0.1) is 0 Å². The Morgan fingerprint density at radius 2 is 1.90 bits per heavy atom. The molecule has 0 aromatic rings. The maximum atomic E-state index is 12.4. The Bertz CT molecular complexity index is 174. The summed E-state index contributed by atoms with van der Waals surface area (Å²) < 4.78 is 12.4. The van der Waals surface area contributed by atoms with Gasteiger partial charge in [0.2, 0.25) is 0 Å². The molecule has 0 aliphatic heterocycles. The van der Waals surface area contributed by atoms with Crippen LogP contribution in [-0.4, -0.2) is 22.4 Å². The van der Waals surface area contributed by atoms with Gasteiger partial charge in [-0.2, -0.15) is 0 Å². The lowest BCUT2D eigenvalue weighted by atomic mass is 10.0. The van der Waals surface area contributed by atoms with Crippen molar-refractivity contribution in [3.05, 3.63) is 23.6 Å². The highest BCUT2D eigenvalue weighted by molar-refractivity contribution is 5.26. The Morgan fingerprint density at radius 1 is 1.30 bits per heavy atom. The highest BCUT2D eigenvalue weighted by Gasteiger charge is 2.24. The second-order valence-electron chi connectivity index (χ2n) is 2.35. The van der Waals surface area contributed by atoms with Crippen LogP contribution in [0.5, 0.6) is 0 Å². The van der Waals surface area contributed by atoms with Crippen LogP contribution in [0.15, 0.2) is 23.6 Å². The van der Waals surface area contributed by atoms with Crippen LogP contribution in [0, 0.1) is 0 Å². The molecule has 3 heteroatoms. The van der Waals surface area contributed by atoms with Gasteiger partial charge in [-0.1, -0.05) is 6.08 Å². The van der Waals surface area contributed by atoms with Crippen molar-refractivity contribution in [2.45, 2.75) is 19.1 Å². The first-order valence-corrected chi connectivity index (χ1v) is 3.03.